The van der Waals surface area contributed by atoms with E-state index in [0.29, 0.717) is 6.61 Å². The number of fused-ring (bicyclic) bond motifs is 1. The number of para-hydroxylation sites is 1. The third kappa shape index (κ3) is 3.22. The fourth-order valence-electron chi connectivity index (χ4n) is 2.87. The summed E-state index contributed by atoms with van der Waals surface area (Å²) >= 11 is 0. The molecule has 0 aromatic heterocycles. The first-order valence-electron chi connectivity index (χ1n) is 7.94. The van der Waals surface area contributed by atoms with E-state index in [0.717, 1.165) is 23.3 Å². The van der Waals surface area contributed by atoms with E-state index in [1.165, 1.54) is 5.56 Å². The number of aliphatic hydroxyl groups excluding tert-OH is 1. The molecule has 2 N–H and O–H groups in total. The zero-order chi connectivity index (χ0) is 16.2. The first-order chi connectivity index (χ1) is 11.2. The number of amides is 1. The Bertz CT molecular complexity index is 681. The maximum Gasteiger partial charge on any atom is 0.231 e. The fraction of sp³-hybridized carbons (Fsp3) is 0.316. The van der Waals surface area contributed by atoms with Crippen LogP contribution in [-0.4, -0.2) is 24.2 Å². The molecule has 0 spiro atoms. The van der Waals surface area contributed by atoms with Crippen molar-refractivity contribution in [2.24, 2.45) is 0 Å². The summed E-state index contributed by atoms with van der Waals surface area (Å²) in [6.07, 6.45) is 0.965. The van der Waals surface area contributed by atoms with Gasteiger partial charge in [-0.25, -0.2) is 0 Å². The van der Waals surface area contributed by atoms with Crippen molar-refractivity contribution < 1.29 is 14.6 Å². The number of carbonyl (C=O) groups excluding carboxylic acids is 1. The Hall–Kier alpha value is -2.33. The third-order valence-corrected chi connectivity index (χ3v) is 4.31. The zero-order valence-corrected chi connectivity index (χ0v) is 13.2. The van der Waals surface area contributed by atoms with Gasteiger partial charge in [-0.3, -0.25) is 4.79 Å². The van der Waals surface area contributed by atoms with Crippen molar-refractivity contribution >= 4 is 5.91 Å². The van der Waals surface area contributed by atoms with E-state index < -0.39 is 6.04 Å². The minimum Gasteiger partial charge on any atom is -0.492 e. The minimum absolute atomic E-state index is 0.117. The van der Waals surface area contributed by atoms with E-state index in [2.05, 4.69) is 12.2 Å². The molecular formula is C19H21NO3. The molecule has 4 heteroatoms. The Balaban J connectivity index is 1.73. The third-order valence-electron chi connectivity index (χ3n) is 4.31. The second-order valence-corrected chi connectivity index (χ2v) is 5.74. The molecule has 3 rings (SSSR count). The molecular weight excluding hydrogens is 290 g/mol. The molecule has 23 heavy (non-hydrogen) atoms. The van der Waals surface area contributed by atoms with Gasteiger partial charge in [-0.05, 0) is 23.6 Å². The molecule has 120 valence electrons. The van der Waals surface area contributed by atoms with Gasteiger partial charge >= 0.3 is 0 Å². The van der Waals surface area contributed by atoms with Gasteiger partial charge in [-0.1, -0.05) is 49.4 Å². The highest BCUT2D eigenvalue weighted by molar-refractivity contribution is 5.85. The van der Waals surface area contributed by atoms with Gasteiger partial charge in [0.15, 0.2) is 0 Å². The van der Waals surface area contributed by atoms with Crippen molar-refractivity contribution in [1.82, 2.24) is 5.32 Å². The highest BCUT2D eigenvalue weighted by atomic mass is 16.5. The van der Waals surface area contributed by atoms with Gasteiger partial charge in [0.2, 0.25) is 5.91 Å². The standard InChI is InChI=1S/C19H21NO3/c1-2-13-7-9-14(10-8-13)17(11-21)20-19(22)16-12-23-18-6-4-3-5-15(16)18/h3-10,16-17,21H,2,11-12H2,1H3,(H,20,22). The van der Waals surface area contributed by atoms with Gasteiger partial charge in [0.05, 0.1) is 12.6 Å². The van der Waals surface area contributed by atoms with Crippen LogP contribution < -0.4 is 10.1 Å². The lowest BCUT2D eigenvalue weighted by Gasteiger charge is -2.19. The summed E-state index contributed by atoms with van der Waals surface area (Å²) in [5.74, 6) is 0.323. The molecule has 2 atom stereocenters. The molecule has 1 aliphatic rings. The Labute approximate surface area is 136 Å². The van der Waals surface area contributed by atoms with E-state index in [1.807, 2.05) is 48.5 Å². The number of aliphatic hydroxyl groups is 1. The second-order valence-electron chi connectivity index (χ2n) is 5.74. The first-order valence-corrected chi connectivity index (χ1v) is 7.94. The number of nitrogens with one attached hydrogen (secondary N) is 1. The fourth-order valence-corrected chi connectivity index (χ4v) is 2.87. The second kappa shape index (κ2) is 6.84. The average Bonchev–Trinajstić information content (AvgIpc) is 3.04. The Kier molecular flexibility index (Phi) is 4.63. The molecule has 4 nitrogen and oxygen atoms in total. The van der Waals surface area contributed by atoms with Crippen molar-refractivity contribution in [1.29, 1.82) is 0 Å². The number of benzene rings is 2. The molecule has 1 amide bonds. The molecule has 0 radical (unpaired) electrons. The van der Waals surface area contributed by atoms with Crippen LogP contribution in [0.4, 0.5) is 0 Å². The van der Waals surface area contributed by atoms with Gasteiger partial charge in [0.1, 0.15) is 18.3 Å². The van der Waals surface area contributed by atoms with Gasteiger partial charge in [-0.2, -0.15) is 0 Å². The summed E-state index contributed by atoms with van der Waals surface area (Å²) in [5.41, 5.74) is 3.04. The number of hydrogen-bond donors (Lipinski definition) is 2. The van der Waals surface area contributed by atoms with Crippen LogP contribution in [0.5, 0.6) is 5.75 Å². The van der Waals surface area contributed by atoms with Crippen molar-refractivity contribution in [3.63, 3.8) is 0 Å². The van der Waals surface area contributed by atoms with Crippen LogP contribution in [0.3, 0.4) is 0 Å². The highest BCUT2D eigenvalue weighted by Crippen LogP contribution is 2.33. The summed E-state index contributed by atoms with van der Waals surface area (Å²) in [7, 11) is 0. The Morgan fingerprint density at radius 3 is 2.70 bits per heavy atom. The van der Waals surface area contributed by atoms with Crippen molar-refractivity contribution in [3.05, 3.63) is 65.2 Å². The number of aryl methyl sites for hydroxylation is 1. The van der Waals surface area contributed by atoms with Crippen molar-refractivity contribution in [2.45, 2.75) is 25.3 Å². The van der Waals surface area contributed by atoms with E-state index in [1.54, 1.807) is 0 Å². The Morgan fingerprint density at radius 1 is 1.26 bits per heavy atom. The molecule has 0 bridgehead atoms. The van der Waals surface area contributed by atoms with Crippen LogP contribution in [0.25, 0.3) is 0 Å². The quantitative estimate of drug-likeness (QED) is 0.892. The molecule has 0 saturated carbocycles. The summed E-state index contributed by atoms with van der Waals surface area (Å²) in [5, 5.41) is 12.6. The lowest BCUT2D eigenvalue weighted by molar-refractivity contribution is -0.123. The van der Waals surface area contributed by atoms with Gasteiger partial charge < -0.3 is 15.2 Å². The average molecular weight is 311 g/mol. The predicted octanol–water partition coefficient (Wildman–Crippen LogP) is 2.57. The van der Waals surface area contributed by atoms with Gasteiger partial charge in [0, 0.05) is 5.56 Å². The summed E-state index contributed by atoms with van der Waals surface area (Å²) in [6.45, 7) is 2.31. The predicted molar refractivity (Wildman–Crippen MR) is 88.5 cm³/mol. The van der Waals surface area contributed by atoms with Crippen LogP contribution in [0.1, 0.15) is 35.6 Å². The lowest BCUT2D eigenvalue weighted by Crippen LogP contribution is -2.35. The van der Waals surface area contributed by atoms with Crippen LogP contribution >= 0.6 is 0 Å². The van der Waals surface area contributed by atoms with E-state index in [-0.39, 0.29) is 18.4 Å². The van der Waals surface area contributed by atoms with E-state index in [4.69, 9.17) is 4.74 Å². The lowest BCUT2D eigenvalue weighted by atomic mass is 9.99. The van der Waals surface area contributed by atoms with Crippen LogP contribution in [-0.2, 0) is 11.2 Å². The largest absolute Gasteiger partial charge is 0.492 e. The molecule has 2 aromatic carbocycles. The van der Waals surface area contributed by atoms with Crippen LogP contribution in [0.15, 0.2) is 48.5 Å². The van der Waals surface area contributed by atoms with Gasteiger partial charge in [-0.15, -0.1) is 0 Å². The molecule has 0 fully saturated rings. The smallest absolute Gasteiger partial charge is 0.231 e. The number of carbonyl (C=O) groups is 1. The first kappa shape index (κ1) is 15.6. The normalized spacial score (nSPS) is 17.2. The minimum atomic E-state index is -0.402. The summed E-state index contributed by atoms with van der Waals surface area (Å²) in [4.78, 5) is 12.6. The molecule has 2 unspecified atom stereocenters. The topological polar surface area (TPSA) is 58.6 Å². The number of ether oxygens (including phenoxy) is 1. The van der Waals surface area contributed by atoms with Crippen LogP contribution in [0.2, 0.25) is 0 Å². The number of rotatable bonds is 5. The van der Waals surface area contributed by atoms with E-state index in [9.17, 15) is 9.90 Å². The van der Waals surface area contributed by atoms with Gasteiger partial charge in [0.25, 0.3) is 0 Å². The van der Waals surface area contributed by atoms with Crippen LogP contribution in [0, 0.1) is 0 Å². The maximum absolute atomic E-state index is 12.6. The maximum atomic E-state index is 12.6. The summed E-state index contributed by atoms with van der Waals surface area (Å²) < 4.78 is 5.56. The monoisotopic (exact) mass is 311 g/mol. The molecule has 2 aromatic rings. The molecule has 1 heterocycles. The Morgan fingerprint density at radius 2 is 2.00 bits per heavy atom. The van der Waals surface area contributed by atoms with E-state index >= 15 is 0 Å². The van der Waals surface area contributed by atoms with Crippen molar-refractivity contribution in [2.75, 3.05) is 13.2 Å². The molecule has 0 saturated heterocycles. The zero-order valence-electron chi connectivity index (χ0n) is 13.2. The van der Waals surface area contributed by atoms with Crippen molar-refractivity contribution in [3.8, 4) is 5.75 Å². The summed E-state index contributed by atoms with van der Waals surface area (Å²) in [6, 6.07) is 15.1. The number of hydrogen-bond acceptors (Lipinski definition) is 3. The molecule has 1 aliphatic heterocycles. The SMILES string of the molecule is CCc1ccc(C(CO)NC(=O)C2COc3ccccc32)cc1. The highest BCUT2D eigenvalue weighted by Gasteiger charge is 2.31. The molecule has 0 aliphatic carbocycles.